The van der Waals surface area contributed by atoms with Crippen molar-refractivity contribution in [2.75, 3.05) is 43.1 Å². The molecule has 1 aliphatic heterocycles. The monoisotopic (exact) mass is 431 g/mol. The second kappa shape index (κ2) is 8.14. The van der Waals surface area contributed by atoms with E-state index in [0.717, 1.165) is 35.6 Å². The van der Waals surface area contributed by atoms with E-state index >= 15 is 0 Å². The first-order valence-corrected chi connectivity index (χ1v) is 10.2. The number of nitrogens with zero attached hydrogens (tertiary/aromatic N) is 7. The van der Waals surface area contributed by atoms with Crippen LogP contribution >= 0.6 is 0 Å². The number of anilines is 2. The Kier molecular flexibility index (Phi) is 5.02. The smallest absolute Gasteiger partial charge is 0.354 e. The zero-order valence-corrected chi connectivity index (χ0v) is 17.5. The second-order valence-corrected chi connectivity index (χ2v) is 7.40. The van der Waals surface area contributed by atoms with Crippen LogP contribution < -0.4 is 14.5 Å². The van der Waals surface area contributed by atoms with Crippen LogP contribution in [0.5, 0.6) is 5.75 Å². The van der Waals surface area contributed by atoms with E-state index in [1.54, 1.807) is 18.0 Å². The summed E-state index contributed by atoms with van der Waals surface area (Å²) < 4.78 is 6.87. The third kappa shape index (κ3) is 3.45. The van der Waals surface area contributed by atoms with Crippen molar-refractivity contribution in [1.29, 1.82) is 0 Å². The van der Waals surface area contributed by atoms with Gasteiger partial charge in [-0.05, 0) is 36.4 Å². The standard InChI is InChI=1S/C22H21N7O3/c1-32-17-8-6-16(7-9-17)26-10-12-27(13-11-26)21-20(29(30)31)22(24-14-23-21)28-15-25-18-4-2-3-5-19(18)28/h2-9,14-15H,10-13H2,1H3. The van der Waals surface area contributed by atoms with Crippen LogP contribution in [0, 0.1) is 10.1 Å². The van der Waals surface area contributed by atoms with E-state index in [4.69, 9.17) is 4.74 Å². The third-order valence-electron chi connectivity index (χ3n) is 5.66. The summed E-state index contributed by atoms with van der Waals surface area (Å²) in [6.07, 6.45) is 2.94. The largest absolute Gasteiger partial charge is 0.497 e. The van der Waals surface area contributed by atoms with E-state index in [1.807, 2.05) is 53.4 Å². The fourth-order valence-electron chi connectivity index (χ4n) is 4.03. The molecule has 0 unspecified atom stereocenters. The minimum absolute atomic E-state index is 0.117. The Bertz CT molecular complexity index is 1260. The Labute approximate surface area is 183 Å². The van der Waals surface area contributed by atoms with Crippen LogP contribution in [0.25, 0.3) is 16.9 Å². The Balaban J connectivity index is 1.44. The highest BCUT2D eigenvalue weighted by Gasteiger charge is 2.30. The number of piperazine rings is 1. The van der Waals surface area contributed by atoms with Crippen molar-refractivity contribution in [1.82, 2.24) is 19.5 Å². The lowest BCUT2D eigenvalue weighted by molar-refractivity contribution is -0.384. The second-order valence-electron chi connectivity index (χ2n) is 7.40. The van der Waals surface area contributed by atoms with Crippen LogP contribution in [0.15, 0.2) is 61.2 Å². The van der Waals surface area contributed by atoms with E-state index in [-0.39, 0.29) is 11.5 Å². The topological polar surface area (TPSA) is 102 Å². The first-order valence-electron chi connectivity index (χ1n) is 10.2. The normalized spacial score (nSPS) is 14.0. The molecule has 0 amide bonds. The predicted molar refractivity (Wildman–Crippen MR) is 121 cm³/mol. The number of nitro groups is 1. The van der Waals surface area contributed by atoms with E-state index < -0.39 is 4.92 Å². The molecule has 0 radical (unpaired) electrons. The van der Waals surface area contributed by atoms with Crippen LogP contribution in [0.3, 0.4) is 0 Å². The van der Waals surface area contributed by atoms with Crippen LogP contribution in [0.2, 0.25) is 0 Å². The zero-order valence-electron chi connectivity index (χ0n) is 17.5. The number of aromatic nitrogens is 4. The number of methoxy groups -OCH3 is 1. The predicted octanol–water partition coefficient (Wildman–Crippen LogP) is 3.06. The van der Waals surface area contributed by atoms with Crippen LogP contribution in [-0.4, -0.2) is 57.7 Å². The Morgan fingerprint density at radius 2 is 1.59 bits per heavy atom. The maximum absolute atomic E-state index is 12.1. The molecule has 0 atom stereocenters. The Morgan fingerprint density at radius 3 is 2.31 bits per heavy atom. The first-order chi connectivity index (χ1) is 15.7. The lowest BCUT2D eigenvalue weighted by atomic mass is 10.2. The molecule has 5 rings (SSSR count). The van der Waals surface area contributed by atoms with Gasteiger partial charge < -0.3 is 14.5 Å². The Hall–Kier alpha value is -4.21. The molecule has 2 aromatic carbocycles. The fourth-order valence-corrected chi connectivity index (χ4v) is 4.03. The highest BCUT2D eigenvalue weighted by molar-refractivity contribution is 5.79. The molecule has 162 valence electrons. The molecule has 1 aliphatic rings. The molecule has 0 saturated carbocycles. The molecule has 32 heavy (non-hydrogen) atoms. The third-order valence-corrected chi connectivity index (χ3v) is 5.66. The summed E-state index contributed by atoms with van der Waals surface area (Å²) >= 11 is 0. The molecule has 0 spiro atoms. The summed E-state index contributed by atoms with van der Waals surface area (Å²) in [5.74, 6) is 1.35. The van der Waals surface area contributed by atoms with Gasteiger partial charge in [0.05, 0.1) is 23.1 Å². The van der Waals surface area contributed by atoms with Gasteiger partial charge in [-0.1, -0.05) is 12.1 Å². The van der Waals surface area contributed by atoms with E-state index in [1.165, 1.54) is 6.33 Å². The van der Waals surface area contributed by atoms with E-state index in [0.29, 0.717) is 18.9 Å². The van der Waals surface area contributed by atoms with Crippen molar-refractivity contribution in [3.63, 3.8) is 0 Å². The van der Waals surface area contributed by atoms with Gasteiger partial charge in [0.25, 0.3) is 0 Å². The van der Waals surface area contributed by atoms with Crippen molar-refractivity contribution >= 4 is 28.2 Å². The molecule has 1 saturated heterocycles. The summed E-state index contributed by atoms with van der Waals surface area (Å²) in [6, 6.07) is 15.4. The number of ether oxygens (including phenoxy) is 1. The van der Waals surface area contributed by atoms with Crippen molar-refractivity contribution in [2.24, 2.45) is 0 Å². The SMILES string of the molecule is COc1ccc(N2CCN(c3ncnc(-n4cnc5ccccc54)c3[N+](=O)[O-])CC2)cc1. The van der Waals surface area contributed by atoms with E-state index in [9.17, 15) is 10.1 Å². The fraction of sp³-hybridized carbons (Fsp3) is 0.227. The molecule has 1 fully saturated rings. The zero-order chi connectivity index (χ0) is 22.1. The molecule has 3 heterocycles. The van der Waals surface area contributed by atoms with Crippen molar-refractivity contribution in [2.45, 2.75) is 0 Å². The van der Waals surface area contributed by atoms with Crippen LogP contribution in [0.1, 0.15) is 0 Å². The van der Waals surface area contributed by atoms with Gasteiger partial charge in [-0.25, -0.2) is 15.0 Å². The number of rotatable bonds is 5. The number of imidazole rings is 1. The van der Waals surface area contributed by atoms with Gasteiger partial charge in [0.15, 0.2) is 0 Å². The summed E-state index contributed by atoms with van der Waals surface area (Å²) in [5, 5.41) is 12.1. The number of hydrogen-bond acceptors (Lipinski definition) is 8. The van der Waals surface area contributed by atoms with Crippen molar-refractivity contribution in [3.8, 4) is 11.6 Å². The molecule has 0 aliphatic carbocycles. The quantitative estimate of drug-likeness (QED) is 0.351. The molecule has 0 bridgehead atoms. The number of benzene rings is 2. The van der Waals surface area contributed by atoms with Gasteiger partial charge in [-0.15, -0.1) is 0 Å². The maximum Gasteiger partial charge on any atom is 0.354 e. The van der Waals surface area contributed by atoms with Crippen LogP contribution in [0.4, 0.5) is 17.2 Å². The summed E-state index contributed by atoms with van der Waals surface area (Å²) in [5.41, 5.74) is 2.47. The van der Waals surface area contributed by atoms with Gasteiger partial charge >= 0.3 is 5.69 Å². The van der Waals surface area contributed by atoms with Gasteiger partial charge in [0.1, 0.15) is 18.4 Å². The average molecular weight is 431 g/mol. The minimum atomic E-state index is -0.407. The average Bonchev–Trinajstić information content (AvgIpc) is 3.28. The first kappa shape index (κ1) is 19.7. The lowest BCUT2D eigenvalue weighted by Gasteiger charge is -2.36. The summed E-state index contributed by atoms with van der Waals surface area (Å²) in [6.45, 7) is 2.65. The van der Waals surface area contributed by atoms with Gasteiger partial charge in [0, 0.05) is 31.9 Å². The highest BCUT2D eigenvalue weighted by atomic mass is 16.6. The molecule has 10 nitrogen and oxygen atoms in total. The molecule has 0 N–H and O–H groups in total. The van der Waals surface area contributed by atoms with Crippen LogP contribution in [-0.2, 0) is 0 Å². The molecule has 2 aromatic heterocycles. The maximum atomic E-state index is 12.1. The number of para-hydroxylation sites is 2. The molecule has 4 aromatic rings. The molecule has 10 heteroatoms. The Morgan fingerprint density at radius 1 is 0.906 bits per heavy atom. The molecular weight excluding hydrogens is 410 g/mol. The number of fused-ring (bicyclic) bond motifs is 1. The highest BCUT2D eigenvalue weighted by Crippen LogP contribution is 2.33. The minimum Gasteiger partial charge on any atom is -0.497 e. The number of hydrogen-bond donors (Lipinski definition) is 0. The molecular formula is C22H21N7O3. The van der Waals surface area contributed by atoms with Crippen molar-refractivity contribution in [3.05, 3.63) is 71.3 Å². The lowest BCUT2D eigenvalue weighted by Crippen LogP contribution is -2.47. The van der Waals surface area contributed by atoms with Gasteiger partial charge in [-0.2, -0.15) is 0 Å². The summed E-state index contributed by atoms with van der Waals surface area (Å²) in [7, 11) is 1.64. The summed E-state index contributed by atoms with van der Waals surface area (Å²) in [4.78, 5) is 28.8. The van der Waals surface area contributed by atoms with Gasteiger partial charge in [0.2, 0.25) is 11.6 Å². The van der Waals surface area contributed by atoms with Gasteiger partial charge in [-0.3, -0.25) is 14.7 Å². The van der Waals surface area contributed by atoms with Crippen molar-refractivity contribution < 1.29 is 9.66 Å². The van der Waals surface area contributed by atoms with E-state index in [2.05, 4.69) is 19.9 Å².